The van der Waals surface area contributed by atoms with E-state index in [1.807, 2.05) is 12.1 Å². The summed E-state index contributed by atoms with van der Waals surface area (Å²) >= 11 is 6.23. The normalized spacial score (nSPS) is 17.2. The highest BCUT2D eigenvalue weighted by molar-refractivity contribution is 6.31. The molecule has 2 N–H and O–H groups in total. The number of nitrogens with two attached hydrogens (primary N) is 1. The molecule has 0 unspecified atom stereocenters. The smallest absolute Gasteiger partial charge is 0.0471 e. The van der Waals surface area contributed by atoms with Crippen LogP contribution in [0, 0.1) is 5.92 Å². The van der Waals surface area contributed by atoms with Crippen molar-refractivity contribution in [3.8, 4) is 0 Å². The van der Waals surface area contributed by atoms with E-state index in [9.17, 15) is 0 Å². The van der Waals surface area contributed by atoms with Crippen LogP contribution in [-0.4, -0.2) is 38.6 Å². The Morgan fingerprint density at radius 3 is 2.58 bits per heavy atom. The molecule has 4 heteroatoms. The van der Waals surface area contributed by atoms with Crippen molar-refractivity contribution in [1.29, 1.82) is 0 Å². The Hall–Kier alpha value is -0.770. The Bertz CT molecular complexity index is 412. The molecule has 0 radical (unpaired) electrons. The third kappa shape index (κ3) is 3.62. The lowest BCUT2D eigenvalue weighted by Gasteiger charge is -2.35. The predicted molar refractivity (Wildman–Crippen MR) is 82.8 cm³/mol. The summed E-state index contributed by atoms with van der Waals surface area (Å²) in [6.07, 6.45) is 2.49. The Balaban J connectivity index is 2.03. The summed E-state index contributed by atoms with van der Waals surface area (Å²) in [5.74, 6) is 0.812. The third-order valence-electron chi connectivity index (χ3n) is 3.88. The minimum absolute atomic E-state index is 0.507. The number of hydrogen-bond donors (Lipinski definition) is 1. The van der Waals surface area contributed by atoms with Crippen molar-refractivity contribution in [1.82, 2.24) is 4.90 Å². The first-order valence-electron chi connectivity index (χ1n) is 6.99. The van der Waals surface area contributed by atoms with E-state index in [0.29, 0.717) is 6.54 Å². The number of rotatable bonds is 4. The van der Waals surface area contributed by atoms with Crippen LogP contribution in [0.5, 0.6) is 0 Å². The minimum Gasteiger partial charge on any atom is -0.371 e. The Morgan fingerprint density at radius 1 is 1.32 bits per heavy atom. The van der Waals surface area contributed by atoms with Crippen molar-refractivity contribution in [3.63, 3.8) is 0 Å². The van der Waals surface area contributed by atoms with Gasteiger partial charge in [-0.3, -0.25) is 0 Å². The molecule has 1 aromatic carbocycles. The van der Waals surface area contributed by atoms with E-state index in [1.165, 1.54) is 25.1 Å². The molecule has 1 fully saturated rings. The molecule has 1 heterocycles. The highest BCUT2D eigenvalue weighted by Crippen LogP contribution is 2.30. The summed E-state index contributed by atoms with van der Waals surface area (Å²) in [6.45, 7) is 3.90. The van der Waals surface area contributed by atoms with Crippen LogP contribution in [0.15, 0.2) is 18.2 Å². The van der Waals surface area contributed by atoms with E-state index >= 15 is 0 Å². The predicted octanol–water partition coefficient (Wildman–Crippen LogP) is 2.58. The van der Waals surface area contributed by atoms with E-state index in [4.69, 9.17) is 17.3 Å². The lowest BCUT2D eigenvalue weighted by atomic mass is 9.95. The van der Waals surface area contributed by atoms with Gasteiger partial charge in [0.15, 0.2) is 0 Å². The van der Waals surface area contributed by atoms with Gasteiger partial charge in [-0.1, -0.05) is 17.7 Å². The number of anilines is 1. The van der Waals surface area contributed by atoms with Crippen molar-refractivity contribution in [2.45, 2.75) is 19.4 Å². The average Bonchev–Trinajstić information content (AvgIpc) is 2.38. The maximum absolute atomic E-state index is 6.23. The van der Waals surface area contributed by atoms with Gasteiger partial charge in [0.1, 0.15) is 0 Å². The molecule has 1 aliphatic rings. The van der Waals surface area contributed by atoms with E-state index < -0.39 is 0 Å². The topological polar surface area (TPSA) is 32.5 Å². The Kier molecular flexibility index (Phi) is 5.08. The van der Waals surface area contributed by atoms with Crippen LogP contribution in [0.4, 0.5) is 5.69 Å². The van der Waals surface area contributed by atoms with Gasteiger partial charge in [0.25, 0.3) is 0 Å². The minimum atomic E-state index is 0.507. The highest BCUT2D eigenvalue weighted by Gasteiger charge is 2.21. The van der Waals surface area contributed by atoms with Gasteiger partial charge >= 0.3 is 0 Å². The number of halogens is 1. The van der Waals surface area contributed by atoms with Crippen molar-refractivity contribution in [3.05, 3.63) is 28.8 Å². The molecule has 2 rings (SSSR count). The van der Waals surface area contributed by atoms with Gasteiger partial charge < -0.3 is 15.5 Å². The molecule has 1 aliphatic heterocycles. The number of benzene rings is 1. The zero-order chi connectivity index (χ0) is 13.8. The molecule has 0 aromatic heterocycles. The van der Waals surface area contributed by atoms with Crippen LogP contribution in [0.2, 0.25) is 5.02 Å². The zero-order valence-electron chi connectivity index (χ0n) is 11.9. The fourth-order valence-corrected chi connectivity index (χ4v) is 3.17. The van der Waals surface area contributed by atoms with Gasteiger partial charge in [-0.05, 0) is 45.0 Å². The summed E-state index contributed by atoms with van der Waals surface area (Å²) in [5, 5.41) is 0.787. The maximum Gasteiger partial charge on any atom is 0.0471 e. The van der Waals surface area contributed by atoms with Crippen molar-refractivity contribution in [2.75, 3.05) is 38.6 Å². The molecule has 19 heavy (non-hydrogen) atoms. The number of piperidine rings is 1. The second kappa shape index (κ2) is 6.60. The van der Waals surface area contributed by atoms with Crippen LogP contribution >= 0.6 is 11.6 Å². The fraction of sp³-hybridized carbons (Fsp3) is 0.600. The summed E-state index contributed by atoms with van der Waals surface area (Å²) < 4.78 is 0. The quantitative estimate of drug-likeness (QED) is 0.921. The summed E-state index contributed by atoms with van der Waals surface area (Å²) in [6, 6.07) is 6.08. The Labute approximate surface area is 121 Å². The molecule has 0 bridgehead atoms. The molecule has 0 saturated carbocycles. The van der Waals surface area contributed by atoms with Crippen LogP contribution in [0.25, 0.3) is 0 Å². The van der Waals surface area contributed by atoms with E-state index in [-0.39, 0.29) is 0 Å². The van der Waals surface area contributed by atoms with Crippen LogP contribution in [0.1, 0.15) is 18.4 Å². The molecule has 0 atom stereocenters. The van der Waals surface area contributed by atoms with Gasteiger partial charge in [0.05, 0.1) is 0 Å². The summed E-state index contributed by atoms with van der Waals surface area (Å²) in [5.41, 5.74) is 8.13. The van der Waals surface area contributed by atoms with Gasteiger partial charge in [-0.25, -0.2) is 0 Å². The van der Waals surface area contributed by atoms with Crippen LogP contribution in [-0.2, 0) is 6.54 Å². The van der Waals surface area contributed by atoms with Gasteiger partial charge in [-0.15, -0.1) is 0 Å². The van der Waals surface area contributed by atoms with Gasteiger partial charge in [0, 0.05) is 42.5 Å². The molecular weight excluding hydrogens is 258 g/mol. The first-order valence-corrected chi connectivity index (χ1v) is 7.36. The second-order valence-electron chi connectivity index (χ2n) is 5.63. The first-order chi connectivity index (χ1) is 9.11. The van der Waals surface area contributed by atoms with Gasteiger partial charge in [0.2, 0.25) is 0 Å². The number of nitrogens with zero attached hydrogens (tertiary/aromatic N) is 2. The third-order valence-corrected chi connectivity index (χ3v) is 4.23. The monoisotopic (exact) mass is 281 g/mol. The summed E-state index contributed by atoms with van der Waals surface area (Å²) in [4.78, 5) is 4.71. The van der Waals surface area contributed by atoms with E-state index in [2.05, 4.69) is 30.0 Å². The first kappa shape index (κ1) is 14.6. The standard InChI is InChI=1S/C15H24ClN3/c1-18(2)11-12-6-8-19(9-7-12)15-5-3-4-14(16)13(15)10-17/h3-5,12H,6-11,17H2,1-2H3. The largest absolute Gasteiger partial charge is 0.371 e. The maximum atomic E-state index is 6.23. The van der Waals surface area contributed by atoms with Crippen molar-refractivity contribution in [2.24, 2.45) is 11.7 Å². The fourth-order valence-electron chi connectivity index (χ4n) is 2.92. The molecule has 1 saturated heterocycles. The molecule has 1 aromatic rings. The second-order valence-corrected chi connectivity index (χ2v) is 6.04. The molecular formula is C15H24ClN3. The highest BCUT2D eigenvalue weighted by atomic mass is 35.5. The molecule has 106 valence electrons. The molecule has 0 amide bonds. The lowest BCUT2D eigenvalue weighted by Crippen LogP contribution is -2.37. The summed E-state index contributed by atoms with van der Waals surface area (Å²) in [7, 11) is 4.30. The SMILES string of the molecule is CN(C)CC1CCN(c2cccc(Cl)c2CN)CC1. The molecule has 3 nitrogen and oxygen atoms in total. The average molecular weight is 282 g/mol. The lowest BCUT2D eigenvalue weighted by molar-refractivity contribution is 0.285. The van der Waals surface area contributed by atoms with E-state index in [1.54, 1.807) is 0 Å². The van der Waals surface area contributed by atoms with Crippen LogP contribution < -0.4 is 10.6 Å². The van der Waals surface area contributed by atoms with Crippen LogP contribution in [0.3, 0.4) is 0 Å². The number of hydrogen-bond acceptors (Lipinski definition) is 3. The molecule has 0 spiro atoms. The molecule has 0 aliphatic carbocycles. The van der Waals surface area contributed by atoms with Crippen molar-refractivity contribution < 1.29 is 0 Å². The van der Waals surface area contributed by atoms with Gasteiger partial charge in [-0.2, -0.15) is 0 Å². The van der Waals surface area contributed by atoms with Crippen molar-refractivity contribution >= 4 is 17.3 Å². The Morgan fingerprint density at radius 2 is 2.00 bits per heavy atom. The zero-order valence-corrected chi connectivity index (χ0v) is 12.7. The van der Waals surface area contributed by atoms with E-state index in [0.717, 1.165) is 29.6 Å².